The Morgan fingerprint density at radius 1 is 1.25 bits per heavy atom. The van der Waals surface area contributed by atoms with Crippen LogP contribution in [0.3, 0.4) is 0 Å². The van der Waals surface area contributed by atoms with Gasteiger partial charge in [-0.15, -0.1) is 0 Å². The number of hydrogen-bond acceptors (Lipinski definition) is 3. The van der Waals surface area contributed by atoms with Crippen LogP contribution in [0.15, 0.2) is 0 Å². The minimum absolute atomic E-state index is 0.0768. The van der Waals surface area contributed by atoms with Crippen molar-refractivity contribution in [3.63, 3.8) is 0 Å². The van der Waals surface area contributed by atoms with Crippen molar-refractivity contribution < 1.29 is 13.5 Å². The van der Waals surface area contributed by atoms with E-state index in [0.29, 0.717) is 31.8 Å². The Morgan fingerprint density at radius 3 is 2.38 bits per heavy atom. The van der Waals surface area contributed by atoms with Crippen LogP contribution in [-0.2, 0) is 10.0 Å². The highest BCUT2D eigenvalue weighted by atomic mass is 32.2. The Hall–Kier alpha value is -0.130. The molecule has 0 aromatic rings. The summed E-state index contributed by atoms with van der Waals surface area (Å²) in [5, 5.41) is 8.63. The van der Waals surface area contributed by atoms with Gasteiger partial charge < -0.3 is 5.11 Å². The molecule has 5 heteroatoms. The lowest BCUT2D eigenvalue weighted by molar-refractivity contribution is 0.267. The van der Waals surface area contributed by atoms with Gasteiger partial charge in [0.25, 0.3) is 0 Å². The van der Waals surface area contributed by atoms with E-state index >= 15 is 0 Å². The van der Waals surface area contributed by atoms with Crippen LogP contribution in [0.2, 0.25) is 0 Å². The number of aliphatic hydroxyl groups excluding tert-OH is 1. The molecule has 1 fully saturated rings. The van der Waals surface area contributed by atoms with Gasteiger partial charge in [-0.1, -0.05) is 13.3 Å². The highest BCUT2D eigenvalue weighted by Gasteiger charge is 2.26. The molecule has 1 saturated heterocycles. The van der Waals surface area contributed by atoms with E-state index in [1.54, 1.807) is 4.31 Å². The molecule has 1 aliphatic heterocycles. The summed E-state index contributed by atoms with van der Waals surface area (Å²) in [4.78, 5) is 0. The molecular formula is C11H23NO3S. The van der Waals surface area contributed by atoms with Crippen LogP contribution in [0.25, 0.3) is 0 Å². The maximum absolute atomic E-state index is 11.9. The molecule has 96 valence electrons. The van der Waals surface area contributed by atoms with E-state index in [1.165, 1.54) is 0 Å². The molecule has 16 heavy (non-hydrogen) atoms. The highest BCUT2D eigenvalue weighted by Crippen LogP contribution is 2.22. The van der Waals surface area contributed by atoms with Gasteiger partial charge in [0.2, 0.25) is 10.0 Å². The summed E-state index contributed by atoms with van der Waals surface area (Å²) in [7, 11) is -3.07. The van der Waals surface area contributed by atoms with Gasteiger partial charge in [-0.25, -0.2) is 12.7 Å². The zero-order valence-electron chi connectivity index (χ0n) is 10.1. The van der Waals surface area contributed by atoms with Crippen LogP contribution in [0, 0.1) is 5.92 Å². The van der Waals surface area contributed by atoms with Crippen molar-refractivity contribution in [2.75, 3.05) is 25.4 Å². The molecule has 4 nitrogen and oxygen atoms in total. The van der Waals surface area contributed by atoms with Crippen molar-refractivity contribution in [3.8, 4) is 0 Å². The average molecular weight is 249 g/mol. The van der Waals surface area contributed by atoms with E-state index in [2.05, 4.69) is 6.92 Å². The van der Waals surface area contributed by atoms with E-state index in [-0.39, 0.29) is 12.4 Å². The Labute approximate surface area is 98.7 Å². The summed E-state index contributed by atoms with van der Waals surface area (Å²) in [6, 6.07) is 0. The average Bonchev–Trinajstić information content (AvgIpc) is 2.29. The van der Waals surface area contributed by atoms with Gasteiger partial charge in [0.1, 0.15) is 0 Å². The zero-order valence-corrected chi connectivity index (χ0v) is 10.9. The quantitative estimate of drug-likeness (QED) is 0.720. The van der Waals surface area contributed by atoms with Crippen molar-refractivity contribution in [2.45, 2.75) is 39.0 Å². The maximum atomic E-state index is 11.9. The molecule has 1 N–H and O–H groups in total. The number of piperidine rings is 1. The fraction of sp³-hybridized carbons (Fsp3) is 1.00. The number of unbranched alkanes of at least 4 members (excludes halogenated alkanes) is 1. The number of sulfonamides is 1. The SMILES string of the molecule is CCC1CCN(S(=O)(=O)CCCCO)CC1. The smallest absolute Gasteiger partial charge is 0.214 e. The Balaban J connectivity index is 2.39. The summed E-state index contributed by atoms with van der Waals surface area (Å²) < 4.78 is 25.4. The van der Waals surface area contributed by atoms with E-state index in [4.69, 9.17) is 5.11 Å². The fourth-order valence-electron chi connectivity index (χ4n) is 2.12. The van der Waals surface area contributed by atoms with Crippen molar-refractivity contribution in [1.82, 2.24) is 4.31 Å². The molecule has 0 aliphatic carbocycles. The second kappa shape index (κ2) is 6.57. The van der Waals surface area contributed by atoms with Crippen molar-refractivity contribution >= 4 is 10.0 Å². The summed E-state index contributed by atoms with van der Waals surface area (Å²) in [6.07, 6.45) is 4.28. The van der Waals surface area contributed by atoms with Crippen LogP contribution in [0.1, 0.15) is 39.0 Å². The third-order valence-corrected chi connectivity index (χ3v) is 5.31. The van der Waals surface area contributed by atoms with Gasteiger partial charge in [-0.05, 0) is 31.6 Å². The van der Waals surface area contributed by atoms with Gasteiger partial charge in [0.05, 0.1) is 5.75 Å². The standard InChI is InChI=1S/C11H23NO3S/c1-2-11-5-7-12(8-6-11)16(14,15)10-4-3-9-13/h11,13H,2-10H2,1H3. The van der Waals surface area contributed by atoms with E-state index in [0.717, 1.165) is 19.3 Å². The first-order valence-electron chi connectivity index (χ1n) is 6.19. The first kappa shape index (κ1) is 13.9. The first-order chi connectivity index (χ1) is 7.60. The predicted molar refractivity (Wildman–Crippen MR) is 64.7 cm³/mol. The van der Waals surface area contributed by atoms with E-state index in [9.17, 15) is 8.42 Å². The molecule has 1 aliphatic rings. The third-order valence-electron chi connectivity index (χ3n) is 3.35. The third kappa shape index (κ3) is 4.03. The monoisotopic (exact) mass is 249 g/mol. The maximum Gasteiger partial charge on any atom is 0.214 e. The highest BCUT2D eigenvalue weighted by molar-refractivity contribution is 7.89. The lowest BCUT2D eigenvalue weighted by atomic mass is 9.96. The van der Waals surface area contributed by atoms with E-state index < -0.39 is 10.0 Å². The second-order valence-corrected chi connectivity index (χ2v) is 6.59. The molecular weight excluding hydrogens is 226 g/mol. The molecule has 0 unspecified atom stereocenters. The molecule has 1 rings (SSSR count). The van der Waals surface area contributed by atoms with Crippen molar-refractivity contribution in [3.05, 3.63) is 0 Å². The number of rotatable bonds is 6. The van der Waals surface area contributed by atoms with Crippen molar-refractivity contribution in [2.24, 2.45) is 5.92 Å². The van der Waals surface area contributed by atoms with Gasteiger partial charge >= 0.3 is 0 Å². The van der Waals surface area contributed by atoms with Gasteiger partial charge in [0.15, 0.2) is 0 Å². The second-order valence-electron chi connectivity index (χ2n) is 4.50. The molecule has 0 aromatic heterocycles. The van der Waals surface area contributed by atoms with Crippen LogP contribution in [0.5, 0.6) is 0 Å². The Bertz CT molecular complexity index is 282. The number of aliphatic hydroxyl groups is 1. The lowest BCUT2D eigenvalue weighted by Crippen LogP contribution is -2.39. The van der Waals surface area contributed by atoms with Gasteiger partial charge in [-0.3, -0.25) is 0 Å². The summed E-state index contributed by atoms with van der Waals surface area (Å²) >= 11 is 0. The van der Waals surface area contributed by atoms with E-state index in [1.807, 2.05) is 0 Å². The first-order valence-corrected chi connectivity index (χ1v) is 7.79. The van der Waals surface area contributed by atoms with Gasteiger partial charge in [0, 0.05) is 19.7 Å². The summed E-state index contributed by atoms with van der Waals surface area (Å²) in [6.45, 7) is 3.60. The van der Waals surface area contributed by atoms with Crippen LogP contribution < -0.4 is 0 Å². The summed E-state index contributed by atoms with van der Waals surface area (Å²) in [5.74, 6) is 0.883. The molecule has 0 aromatic carbocycles. The molecule has 0 atom stereocenters. The lowest BCUT2D eigenvalue weighted by Gasteiger charge is -2.30. The predicted octanol–water partition coefficient (Wildman–Crippen LogP) is 1.21. The Morgan fingerprint density at radius 2 is 1.88 bits per heavy atom. The molecule has 0 bridgehead atoms. The topological polar surface area (TPSA) is 57.6 Å². The molecule has 0 amide bonds. The van der Waals surface area contributed by atoms with Crippen molar-refractivity contribution in [1.29, 1.82) is 0 Å². The fourth-order valence-corrected chi connectivity index (χ4v) is 3.72. The van der Waals surface area contributed by atoms with Crippen LogP contribution >= 0.6 is 0 Å². The van der Waals surface area contributed by atoms with Gasteiger partial charge in [-0.2, -0.15) is 0 Å². The summed E-state index contributed by atoms with van der Waals surface area (Å²) in [5.41, 5.74) is 0. The van der Waals surface area contributed by atoms with Crippen LogP contribution in [-0.4, -0.2) is 43.3 Å². The number of nitrogens with zero attached hydrogens (tertiary/aromatic N) is 1. The molecule has 0 saturated carbocycles. The molecule has 0 radical (unpaired) electrons. The minimum atomic E-state index is -3.07. The minimum Gasteiger partial charge on any atom is -0.396 e. The zero-order chi connectivity index (χ0) is 12.0. The molecule has 0 spiro atoms. The Kier molecular flexibility index (Phi) is 5.72. The van der Waals surface area contributed by atoms with Crippen LogP contribution in [0.4, 0.5) is 0 Å². The largest absolute Gasteiger partial charge is 0.396 e. The number of hydrogen-bond donors (Lipinski definition) is 1. The molecule has 1 heterocycles. The normalized spacial score (nSPS) is 20.1.